The molecule has 9 heteroatoms. The van der Waals surface area contributed by atoms with Crippen molar-refractivity contribution in [2.24, 2.45) is 0 Å². The molecule has 8 aromatic carbocycles. The van der Waals surface area contributed by atoms with E-state index in [1.165, 1.54) is 166 Å². The number of benzene rings is 8. The average molecular weight is 1220 g/mol. The molecule has 3 heterocycles. The second-order valence-electron chi connectivity index (χ2n) is 25.5. The van der Waals surface area contributed by atoms with Gasteiger partial charge >= 0.3 is 29.6 Å². The number of hydrogen-bond acceptors (Lipinski definition) is 6. The van der Waals surface area contributed by atoms with Crippen LogP contribution >= 0.6 is 11.6 Å². The monoisotopic (exact) mass is 1220 g/mol. The molecule has 0 saturated carbocycles. The predicted octanol–water partition coefficient (Wildman–Crippen LogP) is 15.0. The number of piperidine rings is 3. The molecule has 4 N–H and O–H groups in total. The van der Waals surface area contributed by atoms with Gasteiger partial charge in [-0.3, -0.25) is 9.80 Å². The normalized spacial score (nSPS) is 19.0. The van der Waals surface area contributed by atoms with Gasteiger partial charge in [0, 0.05) is 85.4 Å². The first-order chi connectivity index (χ1) is 43.1. The molecule has 7 nitrogen and oxygen atoms in total. The van der Waals surface area contributed by atoms with Gasteiger partial charge < -0.3 is 26.6 Å². The topological polar surface area (TPSA) is 70.5 Å². The van der Waals surface area contributed by atoms with Crippen LogP contribution in [0.15, 0.2) is 224 Å². The molecule has 8 aromatic rings. The van der Waals surface area contributed by atoms with Gasteiger partial charge in [-0.1, -0.05) is 207 Å². The van der Waals surface area contributed by atoms with E-state index in [1.54, 1.807) is 11.1 Å². The first-order valence-electron chi connectivity index (χ1n) is 33.6. The van der Waals surface area contributed by atoms with Crippen molar-refractivity contribution in [2.75, 3.05) is 53.7 Å². The largest absolute Gasteiger partial charge is 1.00 e. The summed E-state index contributed by atoms with van der Waals surface area (Å²) in [6.45, 7) is 8.13. The van der Waals surface area contributed by atoms with E-state index in [0.717, 1.165) is 51.3 Å². The summed E-state index contributed by atoms with van der Waals surface area (Å²) in [7, 11) is 0. The number of nitrogens with zero attached hydrogens (tertiary/aromatic N) is 4. The minimum Gasteiger partial charge on any atom is -0.693 e. The van der Waals surface area contributed by atoms with E-state index in [1.807, 2.05) is 0 Å². The van der Waals surface area contributed by atoms with Crippen LogP contribution in [0.1, 0.15) is 122 Å². The molecule has 89 heavy (non-hydrogen) atoms. The zero-order chi connectivity index (χ0) is 59.1. The fourth-order valence-corrected chi connectivity index (χ4v) is 15.2. The number of nitrogens with one attached hydrogen (secondary N) is 2. The summed E-state index contributed by atoms with van der Waals surface area (Å²) in [6.07, 6.45) is 22.8. The Morgan fingerprint density at radius 3 is 1.19 bits per heavy atom. The first-order valence-corrected chi connectivity index (χ1v) is 34.1. The number of fused-ring (bicyclic) bond motifs is 3. The number of anilines is 3. The smallest absolute Gasteiger partial charge is 0.693 e. The van der Waals surface area contributed by atoms with Crippen LogP contribution in [0.5, 0.6) is 0 Å². The zero-order valence-corrected chi connectivity index (χ0v) is 56.2. The average Bonchev–Trinajstić information content (AvgIpc) is 3.29. The molecule has 3 saturated heterocycles. The van der Waals surface area contributed by atoms with Crippen molar-refractivity contribution in [2.45, 2.75) is 165 Å². The third-order valence-corrected chi connectivity index (χ3v) is 19.8. The Balaban J connectivity index is 0.000000145. The zero-order valence-electron chi connectivity index (χ0n) is 53.5. The number of nitrogens with two attached hydrogens (primary N) is 1. The van der Waals surface area contributed by atoms with Crippen molar-refractivity contribution in [3.8, 4) is 0 Å². The van der Waals surface area contributed by atoms with Crippen molar-refractivity contribution in [3.63, 3.8) is 0 Å². The van der Waals surface area contributed by atoms with Crippen LogP contribution in [0.4, 0.5) is 17.1 Å². The molecule has 0 aromatic heterocycles. The second-order valence-corrected chi connectivity index (χ2v) is 25.9. The molecule has 3 unspecified atom stereocenters. The van der Waals surface area contributed by atoms with Gasteiger partial charge in [-0.05, 0) is 197 Å². The van der Waals surface area contributed by atoms with Gasteiger partial charge in [0.05, 0.1) is 0 Å². The molecule has 6 aliphatic rings. The second kappa shape index (κ2) is 36.4. The molecule has 3 aliphatic heterocycles. The molecule has 14 rings (SSSR count). The van der Waals surface area contributed by atoms with E-state index in [9.17, 15) is 0 Å². The Morgan fingerprint density at radius 2 is 0.775 bits per heavy atom. The quantitative estimate of drug-likeness (QED) is 0.0659. The number of alkyl halides is 1. The van der Waals surface area contributed by atoms with Crippen LogP contribution in [-0.2, 0) is 51.6 Å². The van der Waals surface area contributed by atoms with Crippen molar-refractivity contribution >= 4 is 28.7 Å². The van der Waals surface area contributed by atoms with Gasteiger partial charge in [-0.15, -0.1) is 11.6 Å². The van der Waals surface area contributed by atoms with Gasteiger partial charge in [0.2, 0.25) is 0 Å². The Morgan fingerprint density at radius 1 is 0.404 bits per heavy atom. The third kappa shape index (κ3) is 20.1. The minimum atomic E-state index is 0. The molecule has 3 fully saturated rings. The van der Waals surface area contributed by atoms with Gasteiger partial charge in [-0.25, -0.2) is 0 Å². The number of rotatable bonds is 18. The third-order valence-electron chi connectivity index (χ3n) is 19.5. The van der Waals surface area contributed by atoms with Crippen LogP contribution < -0.4 is 50.0 Å². The molecule has 3 atom stereocenters. The van der Waals surface area contributed by atoms with E-state index >= 15 is 0 Å². The van der Waals surface area contributed by atoms with Crippen LogP contribution in [-0.4, -0.2) is 84.7 Å². The van der Waals surface area contributed by atoms with Gasteiger partial charge in [0.1, 0.15) is 0 Å². The van der Waals surface area contributed by atoms with E-state index in [4.69, 9.17) is 11.6 Å². The maximum Gasteiger partial charge on any atom is 1.00 e. The van der Waals surface area contributed by atoms with Crippen molar-refractivity contribution in [1.29, 1.82) is 0 Å². The Kier molecular flexibility index (Phi) is 27.6. The van der Waals surface area contributed by atoms with Crippen LogP contribution in [0, 0.1) is 0 Å². The fraction of sp³-hybridized carbons (Fsp3) is 0.400. The molecule has 462 valence electrons. The number of hydrogen-bond donors (Lipinski definition) is 2. The predicted molar refractivity (Wildman–Crippen MR) is 375 cm³/mol. The summed E-state index contributed by atoms with van der Waals surface area (Å²) in [5.74, 6) is 0.788. The Hall–Kier alpha value is -5.71. The van der Waals surface area contributed by atoms with Gasteiger partial charge in [0.25, 0.3) is 0 Å². The standard InChI is InChI=1S/C29H34N2.C22H28N2.C15H15N.C14H20ClN.H2N.Na/c1-3-11-24(12-4-1)23-30-19-10-9-15-27(30)18-20-31(28-16-5-2-6-17-28)29-21-25-13-7-8-14-26(25)22-29;1-2-11-21(12-3-1)24(15-13-20-10-6-7-14-23-20)22-16-18-8-4-5-9-19(18)17-22;1-2-8-14(9-3-1)16-15-10-12-6-4-5-7-13(12)11-15;15-10-9-14-8-4-5-11-16(14)12-13-6-2-1-3-7-13;;/h1-8,11-14,16-17,27,29H,9-10,15,18-23H2;1-5,8-9,11-12,20,22-23H,6-7,10,13-17H2;1-9,15-16H,10-11H2;1-3,6-7,14H,4-5,8-12H2;1H2;/q;;;;-1;+1. The van der Waals surface area contributed by atoms with Crippen LogP contribution in [0.3, 0.4) is 0 Å². The minimum absolute atomic E-state index is 0. The van der Waals surface area contributed by atoms with Gasteiger partial charge in [-0.2, -0.15) is 0 Å². The number of para-hydroxylation sites is 3. The van der Waals surface area contributed by atoms with E-state index < -0.39 is 0 Å². The van der Waals surface area contributed by atoms with E-state index in [-0.39, 0.29) is 35.7 Å². The van der Waals surface area contributed by atoms with Crippen LogP contribution in [0.25, 0.3) is 6.15 Å². The molecule has 3 aliphatic carbocycles. The number of likely N-dealkylation sites (tertiary alicyclic amines) is 2. The molecule has 0 amide bonds. The molecule has 0 bridgehead atoms. The van der Waals surface area contributed by atoms with Crippen LogP contribution in [0.2, 0.25) is 0 Å². The van der Waals surface area contributed by atoms with Crippen molar-refractivity contribution < 1.29 is 29.6 Å². The van der Waals surface area contributed by atoms with Crippen molar-refractivity contribution in [1.82, 2.24) is 15.1 Å². The summed E-state index contributed by atoms with van der Waals surface area (Å²) in [5, 5.41) is 7.29. The summed E-state index contributed by atoms with van der Waals surface area (Å²) < 4.78 is 0. The molecular formula is C80H99ClN7Na. The SMILES string of the molecule is ClCCC1CCCCN1Cc1ccccc1.[NH2-].[Na+].c1ccc(CN2CCCCC2CCN(c2ccccc2)C2Cc3ccccc3C2)cc1.c1ccc(N(CCC2CCCCN2)C2Cc3ccccc3C2)cc1.c1ccc(NC2Cc3ccccc3C2)cc1. The van der Waals surface area contributed by atoms with Gasteiger partial charge in [0.15, 0.2) is 0 Å². The maximum absolute atomic E-state index is 5.88. The van der Waals surface area contributed by atoms with Crippen molar-refractivity contribution in [3.05, 3.63) is 275 Å². The molecular weight excluding hydrogens is 1120 g/mol. The Labute approximate surface area is 562 Å². The summed E-state index contributed by atoms with van der Waals surface area (Å²) in [4.78, 5) is 10.7. The van der Waals surface area contributed by atoms with E-state index in [2.05, 4.69) is 255 Å². The Bertz CT molecular complexity index is 3150. The maximum atomic E-state index is 5.88. The fourth-order valence-electron chi connectivity index (χ4n) is 14.9. The summed E-state index contributed by atoms with van der Waals surface area (Å²) in [6, 6.07) is 84.9. The molecule has 0 spiro atoms. The number of halogens is 1. The summed E-state index contributed by atoms with van der Waals surface area (Å²) in [5.41, 5.74) is 16.0. The van der Waals surface area contributed by atoms with E-state index in [0.29, 0.717) is 36.3 Å². The first kappa shape index (κ1) is 67.7. The molecule has 0 radical (unpaired) electrons. The summed E-state index contributed by atoms with van der Waals surface area (Å²) >= 11 is 5.88.